The molecule has 2 atom stereocenters. The van der Waals surface area contributed by atoms with Crippen molar-refractivity contribution in [2.45, 2.75) is 25.9 Å². The molecule has 1 aliphatic rings. The number of amides is 1. The monoisotopic (exact) mass is 216 g/mol. The topological polar surface area (TPSA) is 70.6 Å². The van der Waals surface area contributed by atoms with Gasteiger partial charge in [0.2, 0.25) is 5.91 Å². The number of aliphatic hydroxyl groups is 1. The summed E-state index contributed by atoms with van der Waals surface area (Å²) in [6.45, 7) is 5.65. The van der Waals surface area contributed by atoms with Crippen molar-refractivity contribution < 1.29 is 14.6 Å². The maximum absolute atomic E-state index is 11.7. The van der Waals surface area contributed by atoms with Crippen LogP contribution in [0.3, 0.4) is 0 Å². The third kappa shape index (κ3) is 3.77. The number of rotatable bonds is 4. The quantitative estimate of drug-likeness (QED) is 0.570. The van der Waals surface area contributed by atoms with Gasteiger partial charge < -0.3 is 20.5 Å². The molecule has 1 heterocycles. The van der Waals surface area contributed by atoms with Crippen LogP contribution in [0.1, 0.15) is 13.8 Å². The third-order valence-electron chi connectivity index (χ3n) is 2.57. The van der Waals surface area contributed by atoms with Crippen LogP contribution in [0, 0.1) is 5.92 Å². The van der Waals surface area contributed by atoms with Crippen LogP contribution in [0.15, 0.2) is 0 Å². The number of carbonyl (C=O) groups is 1. The summed E-state index contributed by atoms with van der Waals surface area (Å²) in [5.74, 6) is 0.130. The number of hydrogen-bond donors (Lipinski definition) is 3. The molecule has 1 saturated heterocycles. The van der Waals surface area contributed by atoms with Crippen LogP contribution in [0.25, 0.3) is 0 Å². The van der Waals surface area contributed by atoms with Gasteiger partial charge in [-0.2, -0.15) is 0 Å². The molecule has 1 rings (SSSR count). The third-order valence-corrected chi connectivity index (χ3v) is 2.57. The van der Waals surface area contributed by atoms with Crippen molar-refractivity contribution in [3.8, 4) is 0 Å². The van der Waals surface area contributed by atoms with Crippen LogP contribution < -0.4 is 10.6 Å². The summed E-state index contributed by atoms with van der Waals surface area (Å²) in [6.07, 6.45) is 0. The average Bonchev–Trinajstić information content (AvgIpc) is 2.26. The molecule has 0 spiro atoms. The highest BCUT2D eigenvalue weighted by molar-refractivity contribution is 5.82. The van der Waals surface area contributed by atoms with E-state index in [4.69, 9.17) is 9.84 Å². The summed E-state index contributed by atoms with van der Waals surface area (Å²) in [4.78, 5) is 11.7. The Morgan fingerprint density at radius 1 is 1.67 bits per heavy atom. The number of morpholine rings is 1. The van der Waals surface area contributed by atoms with Crippen molar-refractivity contribution in [1.29, 1.82) is 0 Å². The standard InChI is InChI=1S/C10H20N2O3/c1-7(2)8(5-13)12-10(14)9-6-15-4-3-11-9/h7-9,11,13H,3-6H2,1-2H3,(H,12,14). The fraction of sp³-hybridized carbons (Fsp3) is 0.900. The molecule has 0 aromatic rings. The molecule has 0 aromatic heterocycles. The summed E-state index contributed by atoms with van der Waals surface area (Å²) < 4.78 is 5.19. The van der Waals surface area contributed by atoms with Crippen molar-refractivity contribution in [2.75, 3.05) is 26.4 Å². The molecule has 0 radical (unpaired) electrons. The first-order valence-electron chi connectivity index (χ1n) is 5.37. The zero-order valence-electron chi connectivity index (χ0n) is 9.32. The molecule has 5 nitrogen and oxygen atoms in total. The van der Waals surface area contributed by atoms with Gasteiger partial charge in [0.05, 0.1) is 25.9 Å². The fourth-order valence-electron chi connectivity index (χ4n) is 1.44. The molecule has 0 saturated carbocycles. The molecule has 1 amide bonds. The lowest BCUT2D eigenvalue weighted by Crippen LogP contribution is -2.54. The lowest BCUT2D eigenvalue weighted by molar-refractivity contribution is -0.127. The Labute approximate surface area is 90.2 Å². The number of hydrogen-bond acceptors (Lipinski definition) is 4. The molecular formula is C10H20N2O3. The van der Waals surface area contributed by atoms with Gasteiger partial charge in [0, 0.05) is 6.54 Å². The first kappa shape index (κ1) is 12.4. The second kappa shape index (κ2) is 6.05. The van der Waals surface area contributed by atoms with Gasteiger partial charge in [-0.1, -0.05) is 13.8 Å². The predicted octanol–water partition coefficient (Wildman–Crippen LogP) is -0.892. The minimum Gasteiger partial charge on any atom is -0.394 e. The second-order valence-corrected chi connectivity index (χ2v) is 4.12. The largest absolute Gasteiger partial charge is 0.394 e. The van der Waals surface area contributed by atoms with Gasteiger partial charge in [-0.3, -0.25) is 4.79 Å². The van der Waals surface area contributed by atoms with E-state index in [1.165, 1.54) is 0 Å². The van der Waals surface area contributed by atoms with Crippen molar-refractivity contribution >= 4 is 5.91 Å². The Morgan fingerprint density at radius 3 is 2.87 bits per heavy atom. The highest BCUT2D eigenvalue weighted by Crippen LogP contribution is 2.02. The molecule has 1 aliphatic heterocycles. The van der Waals surface area contributed by atoms with Crippen molar-refractivity contribution in [2.24, 2.45) is 5.92 Å². The summed E-state index contributed by atoms with van der Waals surface area (Å²) in [7, 11) is 0. The molecule has 3 N–H and O–H groups in total. The lowest BCUT2D eigenvalue weighted by atomic mass is 10.0. The SMILES string of the molecule is CC(C)C(CO)NC(=O)C1COCCN1. The van der Waals surface area contributed by atoms with Gasteiger partial charge in [-0.25, -0.2) is 0 Å². The minimum atomic E-state index is -0.286. The van der Waals surface area contributed by atoms with Gasteiger partial charge in [0.15, 0.2) is 0 Å². The normalized spacial score (nSPS) is 23.9. The average molecular weight is 216 g/mol. The second-order valence-electron chi connectivity index (χ2n) is 4.12. The highest BCUT2D eigenvalue weighted by Gasteiger charge is 2.24. The number of nitrogens with one attached hydrogen (secondary N) is 2. The van der Waals surface area contributed by atoms with Crippen molar-refractivity contribution in [3.63, 3.8) is 0 Å². The van der Waals surface area contributed by atoms with E-state index in [-0.39, 0.29) is 30.5 Å². The lowest BCUT2D eigenvalue weighted by Gasteiger charge is -2.26. The summed E-state index contributed by atoms with van der Waals surface area (Å²) in [6, 6.07) is -0.465. The first-order chi connectivity index (χ1) is 7.15. The summed E-state index contributed by atoms with van der Waals surface area (Å²) >= 11 is 0. The van der Waals surface area contributed by atoms with Crippen LogP contribution in [-0.2, 0) is 9.53 Å². The Balaban J connectivity index is 2.38. The van der Waals surface area contributed by atoms with Crippen molar-refractivity contribution in [1.82, 2.24) is 10.6 Å². The molecule has 15 heavy (non-hydrogen) atoms. The van der Waals surface area contributed by atoms with Crippen LogP contribution in [0.5, 0.6) is 0 Å². The van der Waals surface area contributed by atoms with Crippen LogP contribution in [0.4, 0.5) is 0 Å². The van der Waals surface area contributed by atoms with Crippen LogP contribution >= 0.6 is 0 Å². The van der Waals surface area contributed by atoms with Crippen molar-refractivity contribution in [3.05, 3.63) is 0 Å². The minimum absolute atomic E-state index is 0.0308. The molecule has 1 fully saturated rings. The first-order valence-corrected chi connectivity index (χ1v) is 5.37. The van der Waals surface area contributed by atoms with E-state index in [1.807, 2.05) is 13.8 Å². The van der Waals surface area contributed by atoms with E-state index in [9.17, 15) is 4.79 Å². The molecule has 2 unspecified atom stereocenters. The van der Waals surface area contributed by atoms with E-state index in [2.05, 4.69) is 10.6 Å². The van der Waals surface area contributed by atoms with Crippen LogP contribution in [0.2, 0.25) is 0 Å². The van der Waals surface area contributed by atoms with Gasteiger partial charge in [0.25, 0.3) is 0 Å². The fourth-order valence-corrected chi connectivity index (χ4v) is 1.44. The maximum atomic E-state index is 11.7. The molecule has 0 aliphatic carbocycles. The van der Waals surface area contributed by atoms with E-state index in [0.29, 0.717) is 19.8 Å². The highest BCUT2D eigenvalue weighted by atomic mass is 16.5. The van der Waals surface area contributed by atoms with E-state index >= 15 is 0 Å². The number of ether oxygens (including phenoxy) is 1. The Hall–Kier alpha value is -0.650. The molecule has 5 heteroatoms. The molecule has 0 aromatic carbocycles. The van der Waals surface area contributed by atoms with E-state index < -0.39 is 0 Å². The van der Waals surface area contributed by atoms with Gasteiger partial charge in [-0.05, 0) is 5.92 Å². The number of aliphatic hydroxyl groups excluding tert-OH is 1. The van der Waals surface area contributed by atoms with Gasteiger partial charge in [0.1, 0.15) is 6.04 Å². The molecule has 88 valence electrons. The zero-order chi connectivity index (χ0) is 11.3. The van der Waals surface area contributed by atoms with E-state index in [1.54, 1.807) is 0 Å². The van der Waals surface area contributed by atoms with Crippen LogP contribution in [-0.4, -0.2) is 49.5 Å². The Kier molecular flexibility index (Phi) is 5.01. The molecule has 0 bridgehead atoms. The zero-order valence-corrected chi connectivity index (χ0v) is 9.32. The smallest absolute Gasteiger partial charge is 0.239 e. The van der Waals surface area contributed by atoms with E-state index in [0.717, 1.165) is 0 Å². The molecular weight excluding hydrogens is 196 g/mol. The predicted molar refractivity (Wildman–Crippen MR) is 56.5 cm³/mol. The summed E-state index contributed by atoms with van der Waals surface area (Å²) in [5.41, 5.74) is 0. The number of carbonyl (C=O) groups excluding carboxylic acids is 1. The van der Waals surface area contributed by atoms with Gasteiger partial charge >= 0.3 is 0 Å². The Bertz CT molecular complexity index is 203. The Morgan fingerprint density at radius 2 is 2.40 bits per heavy atom. The maximum Gasteiger partial charge on any atom is 0.239 e. The van der Waals surface area contributed by atoms with Gasteiger partial charge in [-0.15, -0.1) is 0 Å². The summed E-state index contributed by atoms with van der Waals surface area (Å²) in [5, 5.41) is 15.0.